The maximum Gasteiger partial charge on any atom is 0.305 e. The van der Waals surface area contributed by atoms with E-state index in [0.717, 1.165) is 31.2 Å². The van der Waals surface area contributed by atoms with Crippen molar-refractivity contribution in [2.45, 2.75) is 44.2 Å². The summed E-state index contributed by atoms with van der Waals surface area (Å²) < 4.78 is 5.38. The molecule has 1 aromatic carbocycles. The van der Waals surface area contributed by atoms with Crippen LogP contribution in [0.2, 0.25) is 0 Å². The number of hydrogen-bond acceptors (Lipinski definition) is 3. The third kappa shape index (κ3) is 4.86. The first-order valence-corrected chi connectivity index (χ1v) is 7.24. The van der Waals surface area contributed by atoms with Crippen molar-refractivity contribution in [1.82, 2.24) is 5.32 Å². The molecule has 1 amide bonds. The summed E-state index contributed by atoms with van der Waals surface area (Å²) in [5.74, 6) is -1.11. The molecule has 1 fully saturated rings. The Morgan fingerprint density at radius 2 is 1.86 bits per heavy atom. The number of nitrogens with one attached hydrogen (secondary N) is 1. The first kappa shape index (κ1) is 15.5. The van der Waals surface area contributed by atoms with Crippen molar-refractivity contribution >= 4 is 11.9 Å². The molecule has 0 unspecified atom stereocenters. The summed E-state index contributed by atoms with van der Waals surface area (Å²) in [5.41, 5.74) is 0.422. The van der Waals surface area contributed by atoms with Gasteiger partial charge in [-0.15, -0.1) is 0 Å². The van der Waals surface area contributed by atoms with Crippen molar-refractivity contribution in [3.05, 3.63) is 35.9 Å². The van der Waals surface area contributed by atoms with Gasteiger partial charge in [0.15, 0.2) is 0 Å². The lowest BCUT2D eigenvalue weighted by Crippen LogP contribution is -2.49. The summed E-state index contributed by atoms with van der Waals surface area (Å²) >= 11 is 0. The zero-order valence-corrected chi connectivity index (χ0v) is 12.0. The molecule has 1 saturated carbocycles. The molecule has 0 radical (unpaired) electrons. The van der Waals surface area contributed by atoms with Gasteiger partial charge in [0.1, 0.15) is 6.61 Å². The van der Waals surface area contributed by atoms with Crippen LogP contribution in [-0.4, -0.2) is 29.1 Å². The molecule has 0 bridgehead atoms. The Morgan fingerprint density at radius 3 is 2.48 bits per heavy atom. The number of carbonyl (C=O) groups is 2. The van der Waals surface area contributed by atoms with E-state index in [1.54, 1.807) is 0 Å². The van der Waals surface area contributed by atoms with E-state index >= 15 is 0 Å². The number of ether oxygens (including phenoxy) is 1. The van der Waals surface area contributed by atoms with Gasteiger partial charge >= 0.3 is 5.97 Å². The van der Waals surface area contributed by atoms with Gasteiger partial charge < -0.3 is 15.2 Å². The Kier molecular flexibility index (Phi) is 5.33. The van der Waals surface area contributed by atoms with Crippen LogP contribution >= 0.6 is 0 Å². The molecular weight excluding hydrogens is 270 g/mol. The van der Waals surface area contributed by atoms with E-state index in [2.05, 4.69) is 5.32 Å². The Balaban J connectivity index is 1.78. The van der Waals surface area contributed by atoms with E-state index in [4.69, 9.17) is 9.84 Å². The molecule has 1 aromatic rings. The van der Waals surface area contributed by atoms with Gasteiger partial charge in [0.2, 0.25) is 5.91 Å². The molecule has 1 aliphatic rings. The number of carboxylic acids is 1. The number of rotatable bonds is 7. The van der Waals surface area contributed by atoms with Crippen LogP contribution in [0.1, 0.15) is 37.7 Å². The summed E-state index contributed by atoms with van der Waals surface area (Å²) in [6.07, 6.45) is 3.35. The number of hydrogen-bond donors (Lipinski definition) is 2. The van der Waals surface area contributed by atoms with Crippen molar-refractivity contribution in [3.8, 4) is 0 Å². The standard InChI is InChI=1S/C16H21NO4/c18-14(12-21-11-13-6-2-1-3-7-13)17-16(10-15(19)20)8-4-5-9-16/h1-3,6-7H,4-5,8-12H2,(H,17,18)(H,19,20). The van der Waals surface area contributed by atoms with Crippen molar-refractivity contribution in [2.24, 2.45) is 0 Å². The summed E-state index contributed by atoms with van der Waals surface area (Å²) in [7, 11) is 0. The van der Waals surface area contributed by atoms with Crippen molar-refractivity contribution in [2.75, 3.05) is 6.61 Å². The maximum absolute atomic E-state index is 11.9. The number of amides is 1. The van der Waals surface area contributed by atoms with Gasteiger partial charge in [-0.1, -0.05) is 43.2 Å². The Morgan fingerprint density at radius 1 is 1.19 bits per heavy atom. The lowest BCUT2D eigenvalue weighted by Gasteiger charge is -2.28. The molecule has 0 aromatic heterocycles. The molecule has 5 heteroatoms. The predicted molar refractivity (Wildman–Crippen MR) is 77.7 cm³/mol. The third-order valence-corrected chi connectivity index (χ3v) is 3.80. The Bertz CT molecular complexity index is 480. The van der Waals surface area contributed by atoms with Gasteiger partial charge in [-0.05, 0) is 18.4 Å². The fraction of sp³-hybridized carbons (Fsp3) is 0.500. The van der Waals surface area contributed by atoms with Crippen LogP contribution < -0.4 is 5.32 Å². The SMILES string of the molecule is O=C(O)CC1(NC(=O)COCc2ccccc2)CCCC1. The molecule has 0 heterocycles. The van der Waals surface area contributed by atoms with Crippen LogP contribution in [-0.2, 0) is 20.9 Å². The van der Waals surface area contributed by atoms with Gasteiger partial charge in [-0.3, -0.25) is 9.59 Å². The van der Waals surface area contributed by atoms with Crippen molar-refractivity contribution in [3.63, 3.8) is 0 Å². The zero-order chi connectivity index (χ0) is 15.1. The first-order valence-electron chi connectivity index (χ1n) is 7.24. The smallest absolute Gasteiger partial charge is 0.305 e. The van der Waals surface area contributed by atoms with Gasteiger partial charge in [-0.25, -0.2) is 0 Å². The van der Waals surface area contributed by atoms with Gasteiger partial charge in [0, 0.05) is 0 Å². The quantitative estimate of drug-likeness (QED) is 0.806. The first-order chi connectivity index (χ1) is 10.1. The molecule has 0 saturated heterocycles. The van der Waals surface area contributed by atoms with Crippen LogP contribution in [0.15, 0.2) is 30.3 Å². The van der Waals surface area contributed by atoms with E-state index in [0.29, 0.717) is 6.61 Å². The van der Waals surface area contributed by atoms with Crippen LogP contribution in [0.4, 0.5) is 0 Å². The van der Waals surface area contributed by atoms with Gasteiger partial charge in [0.25, 0.3) is 0 Å². The lowest BCUT2D eigenvalue weighted by molar-refractivity contribution is -0.139. The number of carbonyl (C=O) groups excluding carboxylic acids is 1. The van der Waals surface area contributed by atoms with Crippen LogP contribution in [0.5, 0.6) is 0 Å². The molecule has 2 N–H and O–H groups in total. The minimum Gasteiger partial charge on any atom is -0.481 e. The molecule has 2 rings (SSSR count). The van der Waals surface area contributed by atoms with E-state index in [-0.39, 0.29) is 18.9 Å². The van der Waals surface area contributed by atoms with E-state index in [1.807, 2.05) is 30.3 Å². The predicted octanol–water partition coefficient (Wildman–Crippen LogP) is 2.11. The van der Waals surface area contributed by atoms with Crippen molar-refractivity contribution < 1.29 is 19.4 Å². The minimum absolute atomic E-state index is 0.0164. The summed E-state index contributed by atoms with van der Waals surface area (Å²) in [6.45, 7) is 0.330. The molecule has 0 spiro atoms. The molecule has 5 nitrogen and oxygen atoms in total. The van der Waals surface area contributed by atoms with E-state index in [9.17, 15) is 9.59 Å². The van der Waals surface area contributed by atoms with Crippen LogP contribution in [0, 0.1) is 0 Å². The largest absolute Gasteiger partial charge is 0.481 e. The zero-order valence-electron chi connectivity index (χ0n) is 12.0. The van der Waals surface area contributed by atoms with Crippen molar-refractivity contribution in [1.29, 1.82) is 0 Å². The van der Waals surface area contributed by atoms with Crippen LogP contribution in [0.3, 0.4) is 0 Å². The topological polar surface area (TPSA) is 75.6 Å². The fourth-order valence-corrected chi connectivity index (χ4v) is 2.85. The molecule has 0 aliphatic heterocycles. The van der Waals surface area contributed by atoms with Gasteiger partial charge in [0.05, 0.1) is 18.6 Å². The second-order valence-corrected chi connectivity index (χ2v) is 5.58. The summed E-state index contributed by atoms with van der Waals surface area (Å²) in [5, 5.41) is 11.9. The highest BCUT2D eigenvalue weighted by Gasteiger charge is 2.37. The second kappa shape index (κ2) is 7.22. The highest BCUT2D eigenvalue weighted by Crippen LogP contribution is 2.32. The summed E-state index contributed by atoms with van der Waals surface area (Å²) in [6, 6.07) is 9.62. The second-order valence-electron chi connectivity index (χ2n) is 5.58. The molecule has 0 atom stereocenters. The molecule has 21 heavy (non-hydrogen) atoms. The number of carboxylic acid groups (broad SMARTS) is 1. The van der Waals surface area contributed by atoms with Gasteiger partial charge in [-0.2, -0.15) is 0 Å². The highest BCUT2D eigenvalue weighted by molar-refractivity contribution is 5.79. The maximum atomic E-state index is 11.9. The molecule has 114 valence electrons. The van der Waals surface area contributed by atoms with E-state index in [1.165, 1.54) is 0 Å². The average molecular weight is 291 g/mol. The Hall–Kier alpha value is -1.88. The fourth-order valence-electron chi connectivity index (χ4n) is 2.85. The van der Waals surface area contributed by atoms with Crippen LogP contribution in [0.25, 0.3) is 0 Å². The molecular formula is C16H21NO4. The number of benzene rings is 1. The minimum atomic E-state index is -0.873. The lowest BCUT2D eigenvalue weighted by atomic mass is 9.93. The number of aliphatic carboxylic acids is 1. The average Bonchev–Trinajstić information content (AvgIpc) is 2.87. The normalized spacial score (nSPS) is 16.6. The highest BCUT2D eigenvalue weighted by atomic mass is 16.5. The third-order valence-electron chi connectivity index (χ3n) is 3.80. The molecule has 1 aliphatic carbocycles. The monoisotopic (exact) mass is 291 g/mol. The Labute approximate surface area is 124 Å². The van der Waals surface area contributed by atoms with E-state index < -0.39 is 11.5 Å². The summed E-state index contributed by atoms with van der Waals surface area (Å²) in [4.78, 5) is 22.9.